The van der Waals surface area contributed by atoms with Gasteiger partial charge in [-0.1, -0.05) is 30.3 Å². The van der Waals surface area contributed by atoms with E-state index >= 15 is 0 Å². The third-order valence-electron chi connectivity index (χ3n) is 3.51. The molecule has 0 radical (unpaired) electrons. The van der Waals surface area contributed by atoms with Crippen LogP contribution in [0.3, 0.4) is 0 Å². The molecule has 6 nitrogen and oxygen atoms in total. The van der Waals surface area contributed by atoms with Gasteiger partial charge in [-0.15, -0.1) is 0 Å². The van der Waals surface area contributed by atoms with Crippen molar-refractivity contribution < 1.29 is 14.3 Å². The molecule has 0 bridgehead atoms. The molecular formula is C18H17N3O3. The number of aliphatic hydroxyl groups excluding tert-OH is 1. The predicted octanol–water partition coefficient (Wildman–Crippen LogP) is 3.20. The van der Waals surface area contributed by atoms with Gasteiger partial charge in [0.25, 0.3) is 0 Å². The molecule has 6 heteroatoms. The first-order valence-electron chi connectivity index (χ1n) is 7.49. The van der Waals surface area contributed by atoms with Crippen molar-refractivity contribution in [2.24, 2.45) is 0 Å². The fourth-order valence-corrected chi connectivity index (χ4v) is 2.31. The molecule has 1 atom stereocenters. The van der Waals surface area contributed by atoms with Crippen LogP contribution in [0.5, 0.6) is 0 Å². The molecule has 0 unspecified atom stereocenters. The molecule has 3 rings (SSSR count). The minimum Gasteiger partial charge on any atom is -0.445 e. The van der Waals surface area contributed by atoms with Crippen LogP contribution in [-0.4, -0.2) is 22.7 Å². The van der Waals surface area contributed by atoms with E-state index in [1.54, 1.807) is 18.3 Å². The Hall–Kier alpha value is -3.12. The van der Waals surface area contributed by atoms with Gasteiger partial charge in [0.05, 0.1) is 18.8 Å². The summed E-state index contributed by atoms with van der Waals surface area (Å²) in [5.74, 6) is 0.524. The minimum absolute atomic E-state index is 0.180. The van der Waals surface area contributed by atoms with Crippen molar-refractivity contribution >= 4 is 11.7 Å². The Morgan fingerprint density at radius 2 is 1.88 bits per heavy atom. The molecule has 2 amide bonds. The van der Waals surface area contributed by atoms with Gasteiger partial charge in [0, 0.05) is 11.3 Å². The number of nitrogens with zero attached hydrogens (tertiary/aromatic N) is 1. The van der Waals surface area contributed by atoms with Gasteiger partial charge in [-0.05, 0) is 29.8 Å². The number of carbonyl (C=O) groups is 1. The molecule has 0 aliphatic rings. The molecule has 0 spiro atoms. The zero-order chi connectivity index (χ0) is 16.8. The van der Waals surface area contributed by atoms with E-state index in [9.17, 15) is 9.90 Å². The zero-order valence-corrected chi connectivity index (χ0v) is 12.8. The van der Waals surface area contributed by atoms with E-state index in [1.807, 2.05) is 42.5 Å². The quantitative estimate of drug-likeness (QED) is 0.673. The van der Waals surface area contributed by atoms with Crippen molar-refractivity contribution in [1.29, 1.82) is 0 Å². The van der Waals surface area contributed by atoms with Gasteiger partial charge in [0.2, 0.25) is 5.89 Å². The lowest BCUT2D eigenvalue weighted by Crippen LogP contribution is -2.34. The second kappa shape index (κ2) is 7.43. The van der Waals surface area contributed by atoms with Crippen LogP contribution in [0.25, 0.3) is 11.5 Å². The van der Waals surface area contributed by atoms with E-state index in [0.29, 0.717) is 11.6 Å². The summed E-state index contributed by atoms with van der Waals surface area (Å²) in [6, 6.07) is 15.6. The number of aromatic nitrogens is 1. The number of oxazole rings is 1. The number of hydrogen-bond donors (Lipinski definition) is 3. The number of amides is 2. The summed E-state index contributed by atoms with van der Waals surface area (Å²) in [5, 5.41) is 15.0. The summed E-state index contributed by atoms with van der Waals surface area (Å²) in [4.78, 5) is 16.2. The normalized spacial score (nSPS) is 11.7. The van der Waals surface area contributed by atoms with Crippen molar-refractivity contribution in [2.75, 3.05) is 11.9 Å². The van der Waals surface area contributed by atoms with Gasteiger partial charge < -0.3 is 20.2 Å². The predicted molar refractivity (Wildman–Crippen MR) is 90.4 cm³/mol. The molecule has 1 heterocycles. The van der Waals surface area contributed by atoms with E-state index < -0.39 is 6.04 Å². The Bertz CT molecular complexity index is 771. The second-order valence-corrected chi connectivity index (χ2v) is 5.16. The molecule has 122 valence electrons. The number of rotatable bonds is 5. The van der Waals surface area contributed by atoms with Crippen LogP contribution in [0, 0.1) is 0 Å². The highest BCUT2D eigenvalue weighted by molar-refractivity contribution is 5.89. The van der Waals surface area contributed by atoms with Crippen molar-refractivity contribution in [2.45, 2.75) is 6.04 Å². The minimum atomic E-state index is -0.460. The van der Waals surface area contributed by atoms with Crippen molar-refractivity contribution in [3.63, 3.8) is 0 Å². The Kier molecular flexibility index (Phi) is 4.88. The average Bonchev–Trinajstić information content (AvgIpc) is 3.16. The highest BCUT2D eigenvalue weighted by atomic mass is 16.3. The maximum Gasteiger partial charge on any atom is 0.319 e. The lowest BCUT2D eigenvalue weighted by atomic mass is 10.1. The molecule has 0 saturated carbocycles. The first-order valence-corrected chi connectivity index (χ1v) is 7.49. The fraction of sp³-hybridized carbons (Fsp3) is 0.111. The van der Waals surface area contributed by atoms with Gasteiger partial charge in [-0.3, -0.25) is 0 Å². The van der Waals surface area contributed by atoms with E-state index in [4.69, 9.17) is 4.42 Å². The topological polar surface area (TPSA) is 87.4 Å². The highest BCUT2D eigenvalue weighted by Gasteiger charge is 2.13. The molecule has 0 fully saturated rings. The van der Waals surface area contributed by atoms with Crippen LogP contribution in [0.1, 0.15) is 11.6 Å². The summed E-state index contributed by atoms with van der Waals surface area (Å²) in [6.45, 7) is -0.180. The smallest absolute Gasteiger partial charge is 0.319 e. The summed E-state index contributed by atoms with van der Waals surface area (Å²) in [6.07, 6.45) is 3.08. The number of nitrogens with one attached hydrogen (secondary N) is 2. The Morgan fingerprint density at radius 3 is 2.50 bits per heavy atom. The highest BCUT2D eigenvalue weighted by Crippen LogP contribution is 2.19. The molecule has 2 aromatic carbocycles. The summed E-state index contributed by atoms with van der Waals surface area (Å²) in [7, 11) is 0. The summed E-state index contributed by atoms with van der Waals surface area (Å²) in [5.41, 5.74) is 2.30. The number of benzene rings is 2. The van der Waals surface area contributed by atoms with Crippen LogP contribution in [0.4, 0.5) is 10.5 Å². The van der Waals surface area contributed by atoms with Crippen LogP contribution in [0.2, 0.25) is 0 Å². The SMILES string of the molecule is O=C(Nc1ccc(-c2ncco2)cc1)N[C@H](CO)c1ccccc1. The van der Waals surface area contributed by atoms with Crippen LogP contribution in [0.15, 0.2) is 71.5 Å². The van der Waals surface area contributed by atoms with E-state index in [0.717, 1.165) is 11.1 Å². The molecule has 24 heavy (non-hydrogen) atoms. The number of carbonyl (C=O) groups excluding carboxylic acids is 1. The van der Waals surface area contributed by atoms with Gasteiger partial charge in [0.1, 0.15) is 6.26 Å². The first kappa shape index (κ1) is 15.8. The van der Waals surface area contributed by atoms with Gasteiger partial charge >= 0.3 is 6.03 Å². The molecule has 0 aliphatic heterocycles. The largest absolute Gasteiger partial charge is 0.445 e. The molecule has 3 aromatic rings. The molecule has 0 saturated heterocycles. The molecular weight excluding hydrogens is 306 g/mol. The third-order valence-corrected chi connectivity index (χ3v) is 3.51. The van der Waals surface area contributed by atoms with Crippen molar-refractivity contribution in [3.05, 3.63) is 72.6 Å². The second-order valence-electron chi connectivity index (χ2n) is 5.16. The lowest BCUT2D eigenvalue weighted by molar-refractivity contribution is 0.225. The molecule has 0 aliphatic carbocycles. The maximum atomic E-state index is 12.1. The maximum absolute atomic E-state index is 12.1. The molecule has 3 N–H and O–H groups in total. The van der Waals surface area contributed by atoms with E-state index in [2.05, 4.69) is 15.6 Å². The van der Waals surface area contributed by atoms with Crippen LogP contribution < -0.4 is 10.6 Å². The first-order chi connectivity index (χ1) is 11.8. The number of hydrogen-bond acceptors (Lipinski definition) is 4. The zero-order valence-electron chi connectivity index (χ0n) is 12.8. The number of urea groups is 1. The third kappa shape index (κ3) is 3.80. The Labute approximate surface area is 139 Å². The summed E-state index contributed by atoms with van der Waals surface area (Å²) < 4.78 is 5.22. The Balaban J connectivity index is 1.62. The van der Waals surface area contributed by atoms with Gasteiger partial charge in [-0.25, -0.2) is 9.78 Å². The summed E-state index contributed by atoms with van der Waals surface area (Å²) >= 11 is 0. The van der Waals surface area contributed by atoms with Gasteiger partial charge in [-0.2, -0.15) is 0 Å². The van der Waals surface area contributed by atoms with Crippen molar-refractivity contribution in [3.8, 4) is 11.5 Å². The van der Waals surface area contributed by atoms with E-state index in [-0.39, 0.29) is 12.6 Å². The standard InChI is InChI=1S/C18H17N3O3/c22-12-16(13-4-2-1-3-5-13)21-18(23)20-15-8-6-14(7-9-15)17-19-10-11-24-17/h1-11,16,22H,12H2,(H2,20,21,23)/t16-/m1/s1. The number of aliphatic hydroxyl groups is 1. The fourth-order valence-electron chi connectivity index (χ4n) is 2.31. The lowest BCUT2D eigenvalue weighted by Gasteiger charge is -2.17. The Morgan fingerprint density at radius 1 is 1.12 bits per heavy atom. The van der Waals surface area contributed by atoms with Crippen LogP contribution >= 0.6 is 0 Å². The van der Waals surface area contributed by atoms with Crippen LogP contribution in [-0.2, 0) is 0 Å². The van der Waals surface area contributed by atoms with Crippen molar-refractivity contribution in [1.82, 2.24) is 10.3 Å². The average molecular weight is 323 g/mol. The van der Waals surface area contributed by atoms with E-state index in [1.165, 1.54) is 6.26 Å². The monoisotopic (exact) mass is 323 g/mol. The molecule has 1 aromatic heterocycles. The number of anilines is 1. The van der Waals surface area contributed by atoms with Gasteiger partial charge in [0.15, 0.2) is 0 Å².